The standard InChI is InChI=1S/C11H15N3O4S/c1-7-8(14-18-13-7)6-19(15,16)10-12-9(5-17-10)11(2,3)4/h5H,6H2,1-4H3. The van der Waals surface area contributed by atoms with Gasteiger partial charge in [-0.3, -0.25) is 0 Å². The Hall–Kier alpha value is -1.70. The number of sulfone groups is 1. The second-order valence-electron chi connectivity index (χ2n) is 5.30. The lowest BCUT2D eigenvalue weighted by Crippen LogP contribution is -2.13. The molecule has 0 atom stereocenters. The van der Waals surface area contributed by atoms with Crippen molar-refractivity contribution in [3.8, 4) is 0 Å². The summed E-state index contributed by atoms with van der Waals surface area (Å²) in [5.74, 6) is -0.341. The molecule has 0 saturated carbocycles. The average Bonchev–Trinajstić information content (AvgIpc) is 2.87. The smallest absolute Gasteiger partial charge is 0.315 e. The summed E-state index contributed by atoms with van der Waals surface area (Å²) in [4.78, 5) is 4.03. The molecule has 0 unspecified atom stereocenters. The summed E-state index contributed by atoms with van der Waals surface area (Å²) < 4.78 is 33.8. The van der Waals surface area contributed by atoms with E-state index < -0.39 is 9.84 Å². The zero-order valence-electron chi connectivity index (χ0n) is 11.2. The highest BCUT2D eigenvalue weighted by molar-refractivity contribution is 7.90. The highest BCUT2D eigenvalue weighted by atomic mass is 32.2. The van der Waals surface area contributed by atoms with Crippen molar-refractivity contribution in [1.29, 1.82) is 0 Å². The number of hydrogen-bond donors (Lipinski definition) is 0. The largest absolute Gasteiger partial charge is 0.436 e. The predicted octanol–water partition coefficient (Wildman–Crippen LogP) is 1.64. The van der Waals surface area contributed by atoms with Crippen LogP contribution in [0.15, 0.2) is 20.5 Å². The van der Waals surface area contributed by atoms with E-state index in [1.165, 1.54) is 6.26 Å². The SMILES string of the molecule is Cc1nonc1CS(=O)(=O)c1nc(C(C)(C)C)co1. The molecule has 2 aromatic rings. The van der Waals surface area contributed by atoms with Gasteiger partial charge in [0.2, 0.25) is 9.84 Å². The molecule has 0 N–H and O–H groups in total. The number of aromatic nitrogens is 3. The van der Waals surface area contributed by atoms with Crippen molar-refractivity contribution >= 4 is 9.84 Å². The van der Waals surface area contributed by atoms with Gasteiger partial charge in [-0.15, -0.1) is 0 Å². The second-order valence-corrected chi connectivity index (χ2v) is 7.17. The lowest BCUT2D eigenvalue weighted by molar-refractivity contribution is 0.302. The monoisotopic (exact) mass is 285 g/mol. The van der Waals surface area contributed by atoms with Crippen LogP contribution in [0.25, 0.3) is 0 Å². The van der Waals surface area contributed by atoms with E-state index in [0.717, 1.165) is 0 Å². The molecule has 7 nitrogen and oxygen atoms in total. The van der Waals surface area contributed by atoms with E-state index in [1.54, 1.807) is 6.92 Å². The van der Waals surface area contributed by atoms with E-state index in [1.807, 2.05) is 20.8 Å². The van der Waals surface area contributed by atoms with Gasteiger partial charge in [-0.25, -0.2) is 18.0 Å². The van der Waals surface area contributed by atoms with Gasteiger partial charge >= 0.3 is 5.22 Å². The first-order valence-corrected chi connectivity index (χ1v) is 7.32. The molecular formula is C11H15N3O4S. The van der Waals surface area contributed by atoms with Crippen LogP contribution in [-0.2, 0) is 21.0 Å². The van der Waals surface area contributed by atoms with Crippen molar-refractivity contribution in [3.63, 3.8) is 0 Å². The predicted molar refractivity (Wildman–Crippen MR) is 65.1 cm³/mol. The Bertz CT molecular complexity index is 679. The van der Waals surface area contributed by atoms with Crippen LogP contribution in [0.4, 0.5) is 0 Å². The zero-order chi connectivity index (χ0) is 14.3. The van der Waals surface area contributed by atoms with E-state index in [4.69, 9.17) is 4.42 Å². The summed E-state index contributed by atoms with van der Waals surface area (Å²) in [5, 5.41) is 6.78. The molecule has 0 radical (unpaired) electrons. The third-order valence-corrected chi connectivity index (χ3v) is 3.96. The number of hydrogen-bond acceptors (Lipinski definition) is 7. The fourth-order valence-electron chi connectivity index (χ4n) is 1.37. The molecule has 0 bridgehead atoms. The summed E-state index contributed by atoms with van der Waals surface area (Å²) in [6.45, 7) is 7.39. The van der Waals surface area contributed by atoms with Crippen molar-refractivity contribution in [2.45, 2.75) is 44.1 Å². The Kier molecular flexibility index (Phi) is 3.21. The van der Waals surface area contributed by atoms with Crippen molar-refractivity contribution < 1.29 is 17.5 Å². The summed E-state index contributed by atoms with van der Waals surface area (Å²) >= 11 is 0. The molecule has 2 heterocycles. The van der Waals surface area contributed by atoms with Crippen LogP contribution in [0, 0.1) is 6.92 Å². The molecule has 0 aliphatic carbocycles. The van der Waals surface area contributed by atoms with E-state index >= 15 is 0 Å². The molecule has 0 aliphatic rings. The fraction of sp³-hybridized carbons (Fsp3) is 0.545. The molecule has 0 spiro atoms. The molecule has 0 aliphatic heterocycles. The fourth-order valence-corrected chi connectivity index (χ4v) is 2.54. The van der Waals surface area contributed by atoms with Gasteiger partial charge in [-0.1, -0.05) is 31.1 Å². The van der Waals surface area contributed by atoms with Crippen LogP contribution >= 0.6 is 0 Å². The van der Waals surface area contributed by atoms with Gasteiger partial charge in [0, 0.05) is 5.41 Å². The van der Waals surface area contributed by atoms with Crippen LogP contribution in [0.3, 0.4) is 0 Å². The number of oxazole rings is 1. The topological polar surface area (TPSA) is 99.1 Å². The van der Waals surface area contributed by atoms with E-state index in [-0.39, 0.29) is 22.1 Å². The van der Waals surface area contributed by atoms with Crippen molar-refractivity contribution in [1.82, 2.24) is 15.3 Å². The second kappa shape index (κ2) is 4.44. The summed E-state index contributed by atoms with van der Waals surface area (Å²) in [7, 11) is -3.69. The Balaban J connectivity index is 2.30. The molecule has 0 amide bonds. The lowest BCUT2D eigenvalue weighted by atomic mass is 9.93. The minimum atomic E-state index is -3.69. The first-order chi connectivity index (χ1) is 8.70. The Labute approximate surface area is 110 Å². The summed E-state index contributed by atoms with van der Waals surface area (Å²) in [5.41, 5.74) is 1.01. The maximum absolute atomic E-state index is 12.1. The minimum absolute atomic E-state index is 0.260. The lowest BCUT2D eigenvalue weighted by Gasteiger charge is -2.12. The third-order valence-electron chi connectivity index (χ3n) is 2.59. The maximum atomic E-state index is 12.1. The first-order valence-electron chi connectivity index (χ1n) is 5.67. The molecule has 104 valence electrons. The van der Waals surface area contributed by atoms with Gasteiger partial charge in [-0.2, -0.15) is 0 Å². The third kappa shape index (κ3) is 2.83. The van der Waals surface area contributed by atoms with Crippen molar-refractivity contribution in [2.24, 2.45) is 0 Å². The van der Waals surface area contributed by atoms with Crippen LogP contribution in [-0.4, -0.2) is 23.7 Å². The van der Waals surface area contributed by atoms with Gasteiger partial charge in [0.1, 0.15) is 23.4 Å². The molecule has 2 rings (SSSR count). The number of rotatable bonds is 3. The van der Waals surface area contributed by atoms with Gasteiger partial charge in [0.15, 0.2) is 0 Å². The average molecular weight is 285 g/mol. The maximum Gasteiger partial charge on any atom is 0.315 e. The molecular weight excluding hydrogens is 270 g/mol. The van der Waals surface area contributed by atoms with Crippen LogP contribution in [0.5, 0.6) is 0 Å². The van der Waals surface area contributed by atoms with Crippen LogP contribution < -0.4 is 0 Å². The minimum Gasteiger partial charge on any atom is -0.436 e. The normalized spacial score (nSPS) is 12.8. The summed E-state index contributed by atoms with van der Waals surface area (Å²) in [6.07, 6.45) is 1.36. The van der Waals surface area contributed by atoms with E-state index in [2.05, 4.69) is 19.9 Å². The van der Waals surface area contributed by atoms with E-state index in [0.29, 0.717) is 11.4 Å². The van der Waals surface area contributed by atoms with Gasteiger partial charge in [-0.05, 0) is 6.92 Å². The molecule has 0 saturated heterocycles. The van der Waals surface area contributed by atoms with Gasteiger partial charge in [0.05, 0.1) is 5.69 Å². The Morgan fingerprint density at radius 3 is 2.42 bits per heavy atom. The molecule has 19 heavy (non-hydrogen) atoms. The summed E-state index contributed by atoms with van der Waals surface area (Å²) in [6, 6.07) is 0. The molecule has 2 aromatic heterocycles. The Morgan fingerprint density at radius 2 is 1.95 bits per heavy atom. The van der Waals surface area contributed by atoms with Gasteiger partial charge in [0.25, 0.3) is 0 Å². The number of nitrogens with zero attached hydrogens (tertiary/aromatic N) is 3. The van der Waals surface area contributed by atoms with Gasteiger partial charge < -0.3 is 4.42 Å². The van der Waals surface area contributed by atoms with E-state index in [9.17, 15) is 8.42 Å². The quantitative estimate of drug-likeness (QED) is 0.845. The molecule has 8 heteroatoms. The first kappa shape index (κ1) is 13.7. The molecule has 0 aromatic carbocycles. The van der Waals surface area contributed by atoms with Crippen LogP contribution in [0.1, 0.15) is 37.9 Å². The van der Waals surface area contributed by atoms with Crippen molar-refractivity contribution in [3.05, 3.63) is 23.3 Å². The molecule has 0 fully saturated rings. The van der Waals surface area contributed by atoms with Crippen LogP contribution in [0.2, 0.25) is 0 Å². The van der Waals surface area contributed by atoms with Crippen molar-refractivity contribution in [2.75, 3.05) is 0 Å². The highest BCUT2D eigenvalue weighted by Crippen LogP contribution is 2.24. The zero-order valence-corrected chi connectivity index (χ0v) is 12.0. The highest BCUT2D eigenvalue weighted by Gasteiger charge is 2.27. The number of aryl methyl sites for hydroxylation is 1. The Morgan fingerprint density at radius 1 is 1.26 bits per heavy atom.